The number of anilines is 1. The Hall–Kier alpha value is -1.56. The Morgan fingerprint density at radius 3 is 2.10 bits per heavy atom. The van der Waals surface area contributed by atoms with E-state index < -0.39 is 11.6 Å². The lowest BCUT2D eigenvalue weighted by atomic mass is 9.91. The minimum atomic E-state index is -0.678. The Bertz CT molecular complexity index is 646. The van der Waals surface area contributed by atoms with Gasteiger partial charge in [0.05, 0.1) is 10.2 Å². The molecule has 0 atom stereocenters. The zero-order valence-electron chi connectivity index (χ0n) is 11.3. The van der Waals surface area contributed by atoms with E-state index in [9.17, 15) is 8.78 Å². The van der Waals surface area contributed by atoms with E-state index in [1.54, 1.807) is 0 Å². The molecule has 0 saturated heterocycles. The lowest BCUT2D eigenvalue weighted by Crippen LogP contribution is -2.17. The molecule has 106 valence electrons. The van der Waals surface area contributed by atoms with Crippen LogP contribution in [0.15, 0.2) is 22.7 Å². The SMILES string of the molecule is CC(C)(C)c1nc(-c2cc(F)cc(F)c2)nc(N)c1Br. The van der Waals surface area contributed by atoms with E-state index in [0.717, 1.165) is 6.07 Å². The molecule has 0 aliphatic carbocycles. The molecule has 0 saturated carbocycles. The van der Waals surface area contributed by atoms with Gasteiger partial charge in [-0.3, -0.25) is 0 Å². The van der Waals surface area contributed by atoms with Crippen LogP contribution in [0.2, 0.25) is 0 Å². The summed E-state index contributed by atoms with van der Waals surface area (Å²) >= 11 is 3.35. The molecular weight excluding hydrogens is 328 g/mol. The van der Waals surface area contributed by atoms with Gasteiger partial charge in [-0.25, -0.2) is 18.7 Å². The fourth-order valence-electron chi connectivity index (χ4n) is 1.77. The van der Waals surface area contributed by atoms with Crippen LogP contribution in [0.25, 0.3) is 11.4 Å². The Morgan fingerprint density at radius 1 is 1.05 bits per heavy atom. The Balaban J connectivity index is 2.67. The molecule has 1 aromatic carbocycles. The van der Waals surface area contributed by atoms with Crippen LogP contribution >= 0.6 is 15.9 Å². The smallest absolute Gasteiger partial charge is 0.162 e. The molecule has 0 radical (unpaired) electrons. The second-order valence-electron chi connectivity index (χ2n) is 5.50. The summed E-state index contributed by atoms with van der Waals surface area (Å²) in [5.41, 5.74) is 6.51. The molecule has 20 heavy (non-hydrogen) atoms. The topological polar surface area (TPSA) is 51.8 Å². The molecule has 1 heterocycles. The molecule has 0 amide bonds. The van der Waals surface area contributed by atoms with Crippen LogP contribution in [-0.2, 0) is 5.41 Å². The average Bonchev–Trinajstić information content (AvgIpc) is 2.29. The van der Waals surface area contributed by atoms with Gasteiger partial charge in [0.2, 0.25) is 0 Å². The van der Waals surface area contributed by atoms with Gasteiger partial charge in [-0.15, -0.1) is 0 Å². The molecule has 0 bridgehead atoms. The number of nitrogens with two attached hydrogens (primary N) is 1. The van der Waals surface area contributed by atoms with Crippen molar-refractivity contribution >= 4 is 21.7 Å². The summed E-state index contributed by atoms with van der Waals surface area (Å²) in [5.74, 6) is -0.914. The van der Waals surface area contributed by atoms with Crippen LogP contribution in [0.4, 0.5) is 14.6 Å². The van der Waals surface area contributed by atoms with Gasteiger partial charge in [-0.1, -0.05) is 20.8 Å². The fraction of sp³-hybridized carbons (Fsp3) is 0.286. The minimum absolute atomic E-state index is 0.203. The Kier molecular flexibility index (Phi) is 3.77. The predicted molar refractivity (Wildman–Crippen MR) is 78.2 cm³/mol. The molecule has 0 aliphatic rings. The zero-order chi connectivity index (χ0) is 15.1. The van der Waals surface area contributed by atoms with E-state index in [2.05, 4.69) is 25.9 Å². The summed E-state index contributed by atoms with van der Waals surface area (Å²) in [4.78, 5) is 8.47. The van der Waals surface area contributed by atoms with Crippen LogP contribution in [0.5, 0.6) is 0 Å². The highest BCUT2D eigenvalue weighted by Crippen LogP contribution is 2.33. The van der Waals surface area contributed by atoms with Crippen molar-refractivity contribution in [3.05, 3.63) is 40.0 Å². The molecule has 2 aromatic rings. The molecule has 0 unspecified atom stereocenters. The van der Waals surface area contributed by atoms with Gasteiger partial charge in [0.1, 0.15) is 17.5 Å². The molecule has 1 aromatic heterocycles. The van der Waals surface area contributed by atoms with E-state index in [1.165, 1.54) is 12.1 Å². The fourth-order valence-corrected chi connectivity index (χ4v) is 2.55. The van der Waals surface area contributed by atoms with Crippen LogP contribution in [0, 0.1) is 11.6 Å². The number of benzene rings is 1. The van der Waals surface area contributed by atoms with Crippen molar-refractivity contribution in [1.29, 1.82) is 0 Å². The third-order valence-corrected chi connectivity index (χ3v) is 3.49. The van der Waals surface area contributed by atoms with Gasteiger partial charge < -0.3 is 5.73 Å². The third kappa shape index (κ3) is 2.95. The monoisotopic (exact) mass is 341 g/mol. The lowest BCUT2D eigenvalue weighted by Gasteiger charge is -2.20. The first-order chi connectivity index (χ1) is 9.18. The van der Waals surface area contributed by atoms with Crippen molar-refractivity contribution < 1.29 is 8.78 Å². The molecule has 2 rings (SSSR count). The van der Waals surface area contributed by atoms with Gasteiger partial charge in [0, 0.05) is 17.0 Å². The highest BCUT2D eigenvalue weighted by molar-refractivity contribution is 9.10. The van der Waals surface area contributed by atoms with Crippen LogP contribution in [0.1, 0.15) is 26.5 Å². The van der Waals surface area contributed by atoms with Gasteiger partial charge in [0.25, 0.3) is 0 Å². The molecule has 6 heteroatoms. The summed E-state index contributed by atoms with van der Waals surface area (Å²) in [7, 11) is 0. The summed E-state index contributed by atoms with van der Waals surface area (Å²) in [6, 6.07) is 3.16. The van der Waals surface area contributed by atoms with Crippen molar-refractivity contribution in [2.24, 2.45) is 0 Å². The second kappa shape index (κ2) is 5.09. The maximum Gasteiger partial charge on any atom is 0.162 e. The minimum Gasteiger partial charge on any atom is -0.383 e. The number of aromatic nitrogens is 2. The average molecular weight is 342 g/mol. The second-order valence-corrected chi connectivity index (χ2v) is 6.30. The van der Waals surface area contributed by atoms with E-state index in [4.69, 9.17) is 5.73 Å². The molecule has 0 aliphatic heterocycles. The van der Waals surface area contributed by atoms with Gasteiger partial charge >= 0.3 is 0 Å². The van der Waals surface area contributed by atoms with E-state index in [1.807, 2.05) is 20.8 Å². The van der Waals surface area contributed by atoms with Gasteiger partial charge in [0.15, 0.2) is 5.82 Å². The number of rotatable bonds is 1. The summed E-state index contributed by atoms with van der Waals surface area (Å²) in [6.07, 6.45) is 0. The summed E-state index contributed by atoms with van der Waals surface area (Å²) in [5, 5.41) is 0. The van der Waals surface area contributed by atoms with Crippen molar-refractivity contribution in [2.75, 3.05) is 5.73 Å². The number of halogens is 3. The largest absolute Gasteiger partial charge is 0.383 e. The Labute approximate surface area is 124 Å². The van der Waals surface area contributed by atoms with Crippen molar-refractivity contribution in [3.8, 4) is 11.4 Å². The molecule has 3 nitrogen and oxygen atoms in total. The lowest BCUT2D eigenvalue weighted by molar-refractivity contribution is 0.564. The summed E-state index contributed by atoms with van der Waals surface area (Å²) < 4.78 is 27.2. The maximum absolute atomic E-state index is 13.3. The van der Waals surface area contributed by atoms with Crippen LogP contribution in [-0.4, -0.2) is 9.97 Å². The molecule has 0 spiro atoms. The zero-order valence-corrected chi connectivity index (χ0v) is 12.9. The number of nitrogens with zero attached hydrogens (tertiary/aromatic N) is 2. The van der Waals surface area contributed by atoms with E-state index in [-0.39, 0.29) is 22.6 Å². The third-order valence-electron chi connectivity index (χ3n) is 2.71. The summed E-state index contributed by atoms with van der Waals surface area (Å²) in [6.45, 7) is 5.90. The van der Waals surface area contributed by atoms with Crippen molar-refractivity contribution in [1.82, 2.24) is 9.97 Å². The standard InChI is InChI=1S/C14H14BrF2N3/c1-14(2,3)11-10(15)12(18)20-13(19-11)7-4-8(16)6-9(17)5-7/h4-6H,1-3H3,(H2,18,19,20). The normalized spacial score (nSPS) is 11.7. The highest BCUT2D eigenvalue weighted by Gasteiger charge is 2.23. The van der Waals surface area contributed by atoms with E-state index in [0.29, 0.717) is 10.2 Å². The van der Waals surface area contributed by atoms with Crippen molar-refractivity contribution in [3.63, 3.8) is 0 Å². The van der Waals surface area contributed by atoms with Gasteiger partial charge in [-0.2, -0.15) is 0 Å². The van der Waals surface area contributed by atoms with Crippen LogP contribution in [0.3, 0.4) is 0 Å². The first-order valence-electron chi connectivity index (χ1n) is 5.98. The predicted octanol–water partition coefficient (Wildman–Crippen LogP) is 4.06. The Morgan fingerprint density at radius 2 is 1.60 bits per heavy atom. The molecule has 2 N–H and O–H groups in total. The van der Waals surface area contributed by atoms with E-state index >= 15 is 0 Å². The van der Waals surface area contributed by atoms with Crippen molar-refractivity contribution in [2.45, 2.75) is 26.2 Å². The number of hydrogen-bond donors (Lipinski definition) is 1. The molecular formula is C14H14BrF2N3. The van der Waals surface area contributed by atoms with Gasteiger partial charge in [-0.05, 0) is 28.1 Å². The molecule has 0 fully saturated rings. The highest BCUT2D eigenvalue weighted by atomic mass is 79.9. The number of hydrogen-bond acceptors (Lipinski definition) is 3. The first kappa shape index (κ1) is 14.8. The number of nitrogen functional groups attached to an aromatic ring is 1. The maximum atomic E-state index is 13.3. The van der Waals surface area contributed by atoms with Crippen LogP contribution < -0.4 is 5.73 Å². The first-order valence-corrected chi connectivity index (χ1v) is 6.78. The quantitative estimate of drug-likeness (QED) is 0.850.